The van der Waals surface area contributed by atoms with Gasteiger partial charge in [0.25, 0.3) is 0 Å². The zero-order valence-corrected chi connectivity index (χ0v) is 20.1. The van der Waals surface area contributed by atoms with Crippen LogP contribution in [0.2, 0.25) is 5.02 Å². The zero-order valence-electron chi connectivity index (χ0n) is 18.5. The molecule has 1 N–H and O–H groups in total. The van der Waals surface area contributed by atoms with Gasteiger partial charge in [-0.3, -0.25) is 9.00 Å². The van der Waals surface area contributed by atoms with Crippen molar-refractivity contribution in [3.05, 3.63) is 35.0 Å². The fourth-order valence-electron chi connectivity index (χ4n) is 5.59. The van der Waals surface area contributed by atoms with E-state index in [1.807, 2.05) is 19.2 Å². The summed E-state index contributed by atoms with van der Waals surface area (Å²) in [5.74, 6) is 2.19. The molecular formula is C23H27ClN6O2S. The minimum atomic E-state index is -1.08. The van der Waals surface area contributed by atoms with Crippen LogP contribution in [0, 0.1) is 0 Å². The molecule has 0 spiro atoms. The molecule has 0 radical (unpaired) electrons. The summed E-state index contributed by atoms with van der Waals surface area (Å²) in [6.45, 7) is 2.43. The quantitative estimate of drug-likeness (QED) is 0.710. The van der Waals surface area contributed by atoms with Crippen LogP contribution in [0.3, 0.4) is 0 Å². The first-order chi connectivity index (χ1) is 16.0. The Balaban J connectivity index is 1.25. The summed E-state index contributed by atoms with van der Waals surface area (Å²) < 4.78 is 12.7. The van der Waals surface area contributed by atoms with Gasteiger partial charge in [0.2, 0.25) is 11.9 Å². The van der Waals surface area contributed by atoms with Gasteiger partial charge in [-0.05, 0) is 37.1 Å². The number of likely N-dealkylation sites (tertiary alicyclic amines) is 1. The van der Waals surface area contributed by atoms with Gasteiger partial charge in [0, 0.05) is 68.1 Å². The predicted molar refractivity (Wildman–Crippen MR) is 130 cm³/mol. The van der Waals surface area contributed by atoms with Gasteiger partial charge in [-0.25, -0.2) is 4.98 Å². The molecule has 0 aliphatic carbocycles. The molecule has 0 saturated carbocycles. The maximum Gasteiger partial charge on any atom is 0.227 e. The standard InChI is InChI=1S/C23H27ClN6O2S/c1-28-11-15(4-7-20(28)31)25-22-21-19(8-9-33(21)32)26-23(27-22)30-13-17-10-18(30)12-29(17)16-5-2-14(24)3-6-16/h2-3,5-6,15,17-18H,4,7-13H2,1H3,(H,25,26,27)/t15-,17?,18?,33?/m1/s1. The van der Waals surface area contributed by atoms with E-state index in [0.29, 0.717) is 43.0 Å². The third-order valence-corrected chi connectivity index (χ3v) is 9.01. The maximum absolute atomic E-state index is 12.7. The van der Waals surface area contributed by atoms with Crippen LogP contribution in [-0.2, 0) is 22.0 Å². The summed E-state index contributed by atoms with van der Waals surface area (Å²) in [5.41, 5.74) is 2.11. The number of halogens is 1. The molecule has 174 valence electrons. The Hall–Kier alpha value is -2.39. The van der Waals surface area contributed by atoms with Crippen molar-refractivity contribution in [1.29, 1.82) is 0 Å². The number of hydrogen-bond acceptors (Lipinski definition) is 7. The molecule has 4 aliphatic rings. The molecule has 10 heteroatoms. The lowest BCUT2D eigenvalue weighted by molar-refractivity contribution is -0.132. The van der Waals surface area contributed by atoms with Crippen LogP contribution >= 0.6 is 11.6 Å². The molecule has 1 amide bonds. The molecular weight excluding hydrogens is 460 g/mol. The zero-order chi connectivity index (χ0) is 22.7. The van der Waals surface area contributed by atoms with Crippen LogP contribution in [0.5, 0.6) is 0 Å². The van der Waals surface area contributed by atoms with Gasteiger partial charge < -0.3 is 20.0 Å². The first-order valence-electron chi connectivity index (χ1n) is 11.5. The molecule has 3 unspecified atom stereocenters. The van der Waals surface area contributed by atoms with Gasteiger partial charge in [-0.1, -0.05) is 11.6 Å². The lowest BCUT2D eigenvalue weighted by atomic mass is 10.1. The van der Waals surface area contributed by atoms with Crippen molar-refractivity contribution in [2.24, 2.45) is 0 Å². The van der Waals surface area contributed by atoms with E-state index < -0.39 is 10.8 Å². The second kappa shape index (κ2) is 8.13. The van der Waals surface area contributed by atoms with Crippen molar-refractivity contribution in [2.45, 2.75) is 48.7 Å². The largest absolute Gasteiger partial charge is 0.365 e. The average molecular weight is 487 g/mol. The number of aryl methyl sites for hydroxylation is 1. The molecule has 3 saturated heterocycles. The average Bonchev–Trinajstić information content (AvgIpc) is 3.51. The fourth-order valence-corrected chi connectivity index (χ4v) is 7.03. The molecule has 1 aromatic heterocycles. The van der Waals surface area contributed by atoms with E-state index in [9.17, 15) is 9.00 Å². The number of piperazine rings is 1. The Morgan fingerprint density at radius 1 is 1.06 bits per heavy atom. The number of nitrogens with one attached hydrogen (secondary N) is 1. The molecule has 3 fully saturated rings. The molecule has 2 aromatic rings. The molecule has 33 heavy (non-hydrogen) atoms. The van der Waals surface area contributed by atoms with Gasteiger partial charge in [0.15, 0.2) is 0 Å². The Morgan fingerprint density at radius 3 is 2.55 bits per heavy atom. The first kappa shape index (κ1) is 21.2. The van der Waals surface area contributed by atoms with Gasteiger partial charge in [-0.2, -0.15) is 4.98 Å². The number of likely N-dealkylation sites (N-methyl/N-ethyl adjacent to an activating group) is 1. The number of aromatic nitrogens is 2. The van der Waals surface area contributed by atoms with Crippen LogP contribution in [0.1, 0.15) is 25.0 Å². The highest BCUT2D eigenvalue weighted by molar-refractivity contribution is 7.85. The van der Waals surface area contributed by atoms with E-state index in [1.165, 1.54) is 5.69 Å². The molecule has 1 aromatic carbocycles. The van der Waals surface area contributed by atoms with Crippen LogP contribution < -0.4 is 15.1 Å². The predicted octanol–water partition coefficient (Wildman–Crippen LogP) is 2.29. The Bertz CT molecular complexity index is 1130. The molecule has 4 atom stereocenters. The first-order valence-corrected chi connectivity index (χ1v) is 13.2. The number of amides is 1. The van der Waals surface area contributed by atoms with E-state index in [2.05, 4.69) is 27.2 Å². The normalized spacial score (nSPS) is 28.5. The number of carbonyl (C=O) groups is 1. The van der Waals surface area contributed by atoms with E-state index in [0.717, 1.165) is 47.5 Å². The number of rotatable bonds is 4. The molecule has 6 rings (SSSR count). The molecule has 5 heterocycles. The monoisotopic (exact) mass is 486 g/mol. The number of piperidine rings is 1. The third kappa shape index (κ3) is 3.75. The lowest BCUT2D eigenvalue weighted by Gasteiger charge is -2.36. The van der Waals surface area contributed by atoms with Crippen molar-refractivity contribution in [2.75, 3.05) is 47.6 Å². The van der Waals surface area contributed by atoms with Crippen molar-refractivity contribution < 1.29 is 9.00 Å². The van der Waals surface area contributed by atoms with Crippen LogP contribution in [0.4, 0.5) is 17.5 Å². The van der Waals surface area contributed by atoms with Gasteiger partial charge in [0.1, 0.15) is 10.7 Å². The number of fused-ring (bicyclic) bond motifs is 3. The number of anilines is 3. The van der Waals surface area contributed by atoms with Crippen LogP contribution in [0.15, 0.2) is 29.2 Å². The summed E-state index contributed by atoms with van der Waals surface area (Å²) in [4.78, 5) is 29.0. The smallest absolute Gasteiger partial charge is 0.227 e. The van der Waals surface area contributed by atoms with E-state index in [4.69, 9.17) is 21.6 Å². The minimum absolute atomic E-state index is 0.104. The lowest BCUT2D eigenvalue weighted by Crippen LogP contribution is -2.47. The highest BCUT2D eigenvalue weighted by Crippen LogP contribution is 2.38. The van der Waals surface area contributed by atoms with Crippen molar-refractivity contribution in [1.82, 2.24) is 14.9 Å². The summed E-state index contributed by atoms with van der Waals surface area (Å²) in [7, 11) is 0.752. The fraction of sp³-hybridized carbons (Fsp3) is 0.522. The highest BCUT2D eigenvalue weighted by atomic mass is 35.5. The summed E-state index contributed by atoms with van der Waals surface area (Å²) in [6, 6.07) is 8.92. The summed E-state index contributed by atoms with van der Waals surface area (Å²) >= 11 is 6.07. The van der Waals surface area contributed by atoms with E-state index in [-0.39, 0.29) is 11.9 Å². The second-order valence-electron chi connectivity index (χ2n) is 9.43. The Morgan fingerprint density at radius 2 is 1.82 bits per heavy atom. The number of nitrogens with zero attached hydrogens (tertiary/aromatic N) is 5. The molecule has 2 bridgehead atoms. The molecule has 4 aliphatic heterocycles. The highest BCUT2D eigenvalue weighted by Gasteiger charge is 2.45. The maximum atomic E-state index is 12.7. The van der Waals surface area contributed by atoms with Gasteiger partial charge >= 0.3 is 0 Å². The molecule has 8 nitrogen and oxygen atoms in total. The van der Waals surface area contributed by atoms with Crippen LogP contribution in [-0.4, -0.2) is 75.5 Å². The third-order valence-electron chi connectivity index (χ3n) is 7.30. The Labute approximate surface area is 200 Å². The SMILES string of the molecule is CN1C[C@H](Nc2nc(N3CC4CC3CN4c3ccc(Cl)cc3)nc3c2S(=O)CC3)CCC1=O. The summed E-state index contributed by atoms with van der Waals surface area (Å²) in [5, 5.41) is 4.27. The van der Waals surface area contributed by atoms with Crippen molar-refractivity contribution in [3.63, 3.8) is 0 Å². The van der Waals surface area contributed by atoms with E-state index in [1.54, 1.807) is 4.90 Å². The Kier molecular flexibility index (Phi) is 5.21. The summed E-state index contributed by atoms with van der Waals surface area (Å²) in [6.07, 6.45) is 3.07. The minimum Gasteiger partial charge on any atom is -0.365 e. The van der Waals surface area contributed by atoms with E-state index >= 15 is 0 Å². The topological polar surface area (TPSA) is 81.7 Å². The second-order valence-corrected chi connectivity index (χ2v) is 11.4. The van der Waals surface area contributed by atoms with Crippen molar-refractivity contribution in [3.8, 4) is 0 Å². The van der Waals surface area contributed by atoms with Gasteiger partial charge in [-0.15, -0.1) is 0 Å². The number of carbonyl (C=O) groups excluding carboxylic acids is 1. The number of benzene rings is 1. The number of hydrogen-bond donors (Lipinski definition) is 1. The van der Waals surface area contributed by atoms with Crippen LogP contribution in [0.25, 0.3) is 0 Å². The van der Waals surface area contributed by atoms with Gasteiger partial charge in [0.05, 0.1) is 22.5 Å². The van der Waals surface area contributed by atoms with Crippen molar-refractivity contribution >= 4 is 45.8 Å².